The number of ether oxygens (including phenoxy) is 2. The zero-order valence-corrected chi connectivity index (χ0v) is 19.8. The molecule has 0 saturated heterocycles. The van der Waals surface area contributed by atoms with Gasteiger partial charge in [-0.15, -0.1) is 10.1 Å². The Balaban J connectivity index is 1.80. The predicted molar refractivity (Wildman–Crippen MR) is 128 cm³/mol. The SMILES string of the molecule is COc1ccc2cc([C@](COC(=O)Cc3ccc(CO[N+](=O)[O-])cc3)(CC(C)=O)C(=O)O)ccc2c1. The number of carbonyl (C=O) groups is 3. The van der Waals surface area contributed by atoms with E-state index in [1.54, 1.807) is 67.8 Å². The third-order valence-corrected chi connectivity index (χ3v) is 5.75. The molecular weight excluding hydrogens is 470 g/mol. The summed E-state index contributed by atoms with van der Waals surface area (Å²) in [5, 5.41) is 21.2. The van der Waals surface area contributed by atoms with E-state index in [1.165, 1.54) is 6.92 Å². The van der Waals surface area contributed by atoms with Crippen LogP contribution in [0.15, 0.2) is 60.7 Å². The minimum absolute atomic E-state index is 0.149. The minimum atomic E-state index is -1.76. The lowest BCUT2D eigenvalue weighted by Gasteiger charge is -2.29. The summed E-state index contributed by atoms with van der Waals surface area (Å²) >= 11 is 0. The van der Waals surface area contributed by atoms with Crippen LogP contribution in [-0.4, -0.2) is 41.6 Å². The smallest absolute Gasteiger partial charge is 0.318 e. The number of hydrogen-bond donors (Lipinski definition) is 1. The average molecular weight is 495 g/mol. The van der Waals surface area contributed by atoms with Crippen molar-refractivity contribution in [3.8, 4) is 5.75 Å². The van der Waals surface area contributed by atoms with Crippen molar-refractivity contribution in [3.05, 3.63) is 87.5 Å². The van der Waals surface area contributed by atoms with Crippen LogP contribution in [0.25, 0.3) is 10.8 Å². The summed E-state index contributed by atoms with van der Waals surface area (Å²) in [4.78, 5) is 51.7. The second kappa shape index (κ2) is 11.3. The highest BCUT2D eigenvalue weighted by molar-refractivity contribution is 5.92. The molecule has 188 valence electrons. The van der Waals surface area contributed by atoms with Crippen LogP contribution in [0.2, 0.25) is 0 Å². The van der Waals surface area contributed by atoms with Crippen LogP contribution < -0.4 is 4.74 Å². The molecule has 0 aliphatic rings. The number of carboxylic acids is 1. The summed E-state index contributed by atoms with van der Waals surface area (Å²) in [6, 6.07) is 16.7. The van der Waals surface area contributed by atoms with Crippen molar-refractivity contribution >= 4 is 28.5 Å². The quantitative estimate of drug-likeness (QED) is 0.226. The Morgan fingerprint density at radius 3 is 2.22 bits per heavy atom. The summed E-state index contributed by atoms with van der Waals surface area (Å²) < 4.78 is 10.6. The molecule has 36 heavy (non-hydrogen) atoms. The molecule has 0 aliphatic carbocycles. The van der Waals surface area contributed by atoms with Gasteiger partial charge in [0, 0.05) is 6.42 Å². The van der Waals surface area contributed by atoms with E-state index in [9.17, 15) is 29.6 Å². The molecule has 0 aromatic heterocycles. The van der Waals surface area contributed by atoms with Gasteiger partial charge < -0.3 is 19.4 Å². The second-order valence-corrected chi connectivity index (χ2v) is 8.34. The molecule has 3 aromatic rings. The van der Waals surface area contributed by atoms with Crippen LogP contribution in [0.4, 0.5) is 0 Å². The fourth-order valence-corrected chi connectivity index (χ4v) is 3.87. The summed E-state index contributed by atoms with van der Waals surface area (Å²) in [6.07, 6.45) is -0.508. The molecule has 0 bridgehead atoms. The molecule has 0 fully saturated rings. The highest BCUT2D eigenvalue weighted by Crippen LogP contribution is 2.33. The third kappa shape index (κ3) is 6.35. The van der Waals surface area contributed by atoms with Gasteiger partial charge in [0.1, 0.15) is 30.2 Å². The number of rotatable bonds is 12. The average Bonchev–Trinajstić information content (AvgIpc) is 2.85. The van der Waals surface area contributed by atoms with Crippen LogP contribution in [0, 0.1) is 10.1 Å². The number of hydrogen-bond acceptors (Lipinski definition) is 8. The van der Waals surface area contributed by atoms with Crippen LogP contribution in [-0.2, 0) is 42.4 Å². The third-order valence-electron chi connectivity index (χ3n) is 5.75. The van der Waals surface area contributed by atoms with Crippen LogP contribution in [0.1, 0.15) is 30.0 Å². The zero-order valence-electron chi connectivity index (χ0n) is 19.8. The molecule has 0 unspecified atom stereocenters. The van der Waals surface area contributed by atoms with Crippen molar-refractivity contribution < 1.29 is 38.9 Å². The summed E-state index contributed by atoms with van der Waals surface area (Å²) in [7, 11) is 1.55. The van der Waals surface area contributed by atoms with E-state index in [-0.39, 0.29) is 25.2 Å². The second-order valence-electron chi connectivity index (χ2n) is 8.34. The van der Waals surface area contributed by atoms with Gasteiger partial charge in [0.25, 0.3) is 5.09 Å². The maximum absolute atomic E-state index is 12.6. The molecule has 0 saturated carbocycles. The lowest BCUT2D eigenvalue weighted by atomic mass is 9.76. The molecule has 0 radical (unpaired) electrons. The normalized spacial score (nSPS) is 12.4. The van der Waals surface area contributed by atoms with Crippen molar-refractivity contribution in [2.45, 2.75) is 31.8 Å². The largest absolute Gasteiger partial charge is 0.497 e. The number of carboxylic acid groups (broad SMARTS) is 1. The zero-order chi connectivity index (χ0) is 26.3. The molecule has 10 heteroatoms. The lowest BCUT2D eigenvalue weighted by molar-refractivity contribution is -0.763. The van der Waals surface area contributed by atoms with Crippen LogP contribution in [0.5, 0.6) is 5.75 Å². The molecule has 0 amide bonds. The topological polar surface area (TPSA) is 142 Å². The van der Waals surface area contributed by atoms with E-state index in [4.69, 9.17) is 9.47 Å². The fraction of sp³-hybridized carbons (Fsp3) is 0.269. The van der Waals surface area contributed by atoms with Gasteiger partial charge in [-0.25, -0.2) is 0 Å². The molecule has 0 spiro atoms. The Labute approximate surface area is 206 Å². The first-order valence-corrected chi connectivity index (χ1v) is 10.9. The maximum Gasteiger partial charge on any atom is 0.318 e. The van der Waals surface area contributed by atoms with Gasteiger partial charge in [0.2, 0.25) is 0 Å². The Kier molecular flexibility index (Phi) is 8.21. The van der Waals surface area contributed by atoms with Gasteiger partial charge in [0.05, 0.1) is 13.5 Å². The van der Waals surface area contributed by atoms with Crippen LogP contribution in [0.3, 0.4) is 0 Å². The van der Waals surface area contributed by atoms with Gasteiger partial charge in [-0.3, -0.25) is 14.4 Å². The van der Waals surface area contributed by atoms with Crippen molar-refractivity contribution in [1.82, 2.24) is 0 Å². The molecule has 0 aliphatic heterocycles. The van der Waals surface area contributed by atoms with Crippen molar-refractivity contribution in [1.29, 1.82) is 0 Å². The van der Waals surface area contributed by atoms with Gasteiger partial charge >= 0.3 is 11.9 Å². The first kappa shape index (κ1) is 26.1. The van der Waals surface area contributed by atoms with E-state index in [2.05, 4.69) is 4.84 Å². The molecular formula is C26H25NO9. The highest BCUT2D eigenvalue weighted by atomic mass is 16.9. The Morgan fingerprint density at radius 1 is 0.972 bits per heavy atom. The number of fused-ring (bicyclic) bond motifs is 1. The number of esters is 1. The van der Waals surface area contributed by atoms with E-state index in [1.807, 2.05) is 0 Å². The number of methoxy groups -OCH3 is 1. The lowest BCUT2D eigenvalue weighted by Crippen LogP contribution is -2.43. The standard InChI is InChI=1S/C26H25NO9/c1-17(28)14-26(25(30)31,22-9-7-21-13-23(34-2)10-8-20(21)12-22)16-35-24(29)11-18-3-5-19(6-4-18)15-36-27(32)33/h3-10,12-13H,11,14-16H2,1-2H3,(H,30,31)/t26-/m1/s1. The van der Waals surface area contributed by atoms with Crippen molar-refractivity contribution in [2.24, 2.45) is 0 Å². The van der Waals surface area contributed by atoms with E-state index < -0.39 is 29.0 Å². The summed E-state index contributed by atoms with van der Waals surface area (Å²) in [5.74, 6) is -1.68. The van der Waals surface area contributed by atoms with E-state index >= 15 is 0 Å². The monoisotopic (exact) mass is 495 g/mol. The summed E-state index contributed by atoms with van der Waals surface area (Å²) in [6.45, 7) is 0.537. The molecule has 10 nitrogen and oxygen atoms in total. The maximum atomic E-state index is 12.6. The van der Waals surface area contributed by atoms with Gasteiger partial charge in [0.15, 0.2) is 0 Å². The number of aliphatic carboxylic acids is 1. The number of Topliss-reactive ketones (excluding diaryl/α,β-unsaturated/α-hetero) is 1. The van der Waals surface area contributed by atoms with Crippen molar-refractivity contribution in [2.75, 3.05) is 13.7 Å². The van der Waals surface area contributed by atoms with E-state index in [0.29, 0.717) is 22.4 Å². The van der Waals surface area contributed by atoms with E-state index in [0.717, 1.165) is 10.8 Å². The van der Waals surface area contributed by atoms with Crippen LogP contribution >= 0.6 is 0 Å². The minimum Gasteiger partial charge on any atom is -0.497 e. The number of ketones is 1. The Bertz CT molecular complexity index is 1290. The number of nitrogens with zero attached hydrogens (tertiary/aromatic N) is 1. The Hall–Kier alpha value is -4.47. The predicted octanol–water partition coefficient (Wildman–Crippen LogP) is 3.64. The first-order valence-electron chi connectivity index (χ1n) is 10.9. The van der Waals surface area contributed by atoms with Gasteiger partial charge in [-0.05, 0) is 52.6 Å². The number of carbonyl (C=O) groups excluding carboxylic acids is 2. The molecule has 3 rings (SSSR count). The molecule has 1 atom stereocenters. The first-order chi connectivity index (χ1) is 17.1. The molecule has 0 heterocycles. The Morgan fingerprint density at radius 2 is 1.61 bits per heavy atom. The molecule has 3 aromatic carbocycles. The fourth-order valence-electron chi connectivity index (χ4n) is 3.87. The van der Waals surface area contributed by atoms with Gasteiger partial charge in [-0.1, -0.05) is 42.5 Å². The highest BCUT2D eigenvalue weighted by Gasteiger charge is 2.43. The van der Waals surface area contributed by atoms with Gasteiger partial charge in [-0.2, -0.15) is 0 Å². The molecule has 1 N–H and O–H groups in total. The van der Waals surface area contributed by atoms with Crippen molar-refractivity contribution in [3.63, 3.8) is 0 Å². The summed E-state index contributed by atoms with van der Waals surface area (Å²) in [5.41, 5.74) is -0.314. The number of benzene rings is 3.